The number of hydrogen-bond donors (Lipinski definition) is 1. The number of pyridine rings is 1. The Bertz CT molecular complexity index is 904. The molecule has 0 radical (unpaired) electrons. The smallest absolute Gasteiger partial charge is 0.194 e. The van der Waals surface area contributed by atoms with Gasteiger partial charge in [-0.05, 0) is 35.9 Å². The van der Waals surface area contributed by atoms with Crippen molar-refractivity contribution in [3.63, 3.8) is 0 Å². The van der Waals surface area contributed by atoms with E-state index in [0.717, 1.165) is 50.2 Å². The Morgan fingerprint density at radius 2 is 1.90 bits per heavy atom. The summed E-state index contributed by atoms with van der Waals surface area (Å²) in [6.45, 7) is 4.44. The monoisotopic (exact) mass is 503 g/mol. The molecule has 0 aliphatic carbocycles. The maximum absolute atomic E-state index is 4.48. The number of nitrogens with zero attached hydrogens (tertiary/aromatic N) is 6. The van der Waals surface area contributed by atoms with Gasteiger partial charge in [-0.2, -0.15) is 5.10 Å². The number of halogens is 1. The van der Waals surface area contributed by atoms with Crippen LogP contribution >= 0.6 is 24.0 Å². The summed E-state index contributed by atoms with van der Waals surface area (Å²) in [5.41, 5.74) is 2.25. The third-order valence-corrected chi connectivity index (χ3v) is 4.89. The molecule has 1 fully saturated rings. The third kappa shape index (κ3) is 5.26. The summed E-state index contributed by atoms with van der Waals surface area (Å²) in [4.78, 5) is 13.5. The van der Waals surface area contributed by atoms with Gasteiger partial charge in [0, 0.05) is 58.4 Å². The number of hydrogen-bond acceptors (Lipinski definition) is 4. The first-order valence-electron chi connectivity index (χ1n) is 9.54. The molecule has 3 aromatic rings. The summed E-state index contributed by atoms with van der Waals surface area (Å²) in [7, 11) is 1.84. The van der Waals surface area contributed by atoms with E-state index in [1.165, 1.54) is 5.56 Å². The van der Waals surface area contributed by atoms with E-state index in [1.54, 1.807) is 6.20 Å². The van der Waals surface area contributed by atoms with E-state index in [0.29, 0.717) is 0 Å². The molecule has 0 unspecified atom stereocenters. The second-order valence-electron chi connectivity index (χ2n) is 6.68. The maximum atomic E-state index is 4.48. The van der Waals surface area contributed by atoms with Gasteiger partial charge in [0.05, 0.1) is 5.69 Å². The molecule has 0 atom stereocenters. The lowest BCUT2D eigenvalue weighted by Crippen LogP contribution is -2.52. The van der Waals surface area contributed by atoms with Crippen molar-refractivity contribution in [1.29, 1.82) is 0 Å². The fraction of sp³-hybridized carbons (Fsp3) is 0.286. The molecular weight excluding hydrogens is 477 g/mol. The van der Waals surface area contributed by atoms with Crippen LogP contribution in [0.25, 0.3) is 5.69 Å². The number of aliphatic imine (C=N–C) groups is 1. The lowest BCUT2D eigenvalue weighted by atomic mass is 10.2. The summed E-state index contributed by atoms with van der Waals surface area (Å²) in [6.07, 6.45) is 5.59. The van der Waals surface area contributed by atoms with Crippen LogP contribution in [0.5, 0.6) is 0 Å². The van der Waals surface area contributed by atoms with Crippen LogP contribution in [0.1, 0.15) is 5.56 Å². The van der Waals surface area contributed by atoms with Crippen LogP contribution in [0.2, 0.25) is 0 Å². The zero-order chi connectivity index (χ0) is 19.2. The Balaban J connectivity index is 0.00000240. The molecule has 0 amide bonds. The van der Waals surface area contributed by atoms with E-state index in [9.17, 15) is 0 Å². The minimum atomic E-state index is 0. The molecule has 0 saturated carbocycles. The van der Waals surface area contributed by atoms with Crippen molar-refractivity contribution in [3.8, 4) is 5.69 Å². The molecule has 29 heavy (non-hydrogen) atoms. The summed E-state index contributed by atoms with van der Waals surface area (Å²) in [6, 6.07) is 16.4. The molecule has 1 aromatic carbocycles. The first kappa shape index (κ1) is 21.1. The predicted molar refractivity (Wildman–Crippen MR) is 127 cm³/mol. The number of rotatable bonds is 4. The van der Waals surface area contributed by atoms with E-state index in [2.05, 4.69) is 60.5 Å². The summed E-state index contributed by atoms with van der Waals surface area (Å²) < 4.78 is 1.87. The largest absolute Gasteiger partial charge is 0.353 e. The summed E-state index contributed by atoms with van der Waals surface area (Å²) in [5, 5.41) is 7.79. The van der Waals surface area contributed by atoms with Crippen LogP contribution in [0.15, 0.2) is 72.1 Å². The van der Waals surface area contributed by atoms with Crippen LogP contribution in [-0.4, -0.2) is 58.9 Å². The molecule has 1 aliphatic rings. The Hall–Kier alpha value is -2.62. The van der Waals surface area contributed by atoms with Gasteiger partial charge >= 0.3 is 0 Å². The lowest BCUT2D eigenvalue weighted by Gasteiger charge is -2.37. The van der Waals surface area contributed by atoms with Crippen molar-refractivity contribution in [2.24, 2.45) is 4.99 Å². The molecule has 2 aromatic heterocycles. The number of aromatic nitrogens is 3. The highest BCUT2D eigenvalue weighted by Crippen LogP contribution is 2.13. The SMILES string of the molecule is CN=C(NCc1cccc(-n2cccn2)c1)N1CCN(c2ccccn2)CC1.I. The number of guanidine groups is 1. The van der Waals surface area contributed by atoms with Crippen LogP contribution < -0.4 is 10.2 Å². The third-order valence-electron chi connectivity index (χ3n) is 4.89. The van der Waals surface area contributed by atoms with Crippen molar-refractivity contribution in [3.05, 3.63) is 72.7 Å². The Labute approximate surface area is 188 Å². The van der Waals surface area contributed by atoms with Gasteiger partial charge in [-0.15, -0.1) is 24.0 Å². The van der Waals surface area contributed by atoms with E-state index in [1.807, 2.05) is 42.3 Å². The lowest BCUT2D eigenvalue weighted by molar-refractivity contribution is 0.371. The van der Waals surface area contributed by atoms with E-state index >= 15 is 0 Å². The average molecular weight is 503 g/mol. The normalized spacial score (nSPS) is 14.4. The van der Waals surface area contributed by atoms with Crippen molar-refractivity contribution < 1.29 is 0 Å². The highest BCUT2D eigenvalue weighted by atomic mass is 127. The minimum absolute atomic E-state index is 0. The second kappa shape index (κ2) is 10.2. The van der Waals surface area contributed by atoms with Crippen LogP contribution in [0.3, 0.4) is 0 Å². The van der Waals surface area contributed by atoms with Crippen LogP contribution in [0, 0.1) is 0 Å². The summed E-state index contributed by atoms with van der Waals surface area (Å²) >= 11 is 0. The highest BCUT2D eigenvalue weighted by molar-refractivity contribution is 14.0. The molecule has 1 saturated heterocycles. The molecule has 3 heterocycles. The molecule has 152 valence electrons. The van der Waals surface area contributed by atoms with Crippen molar-refractivity contribution in [2.45, 2.75) is 6.54 Å². The number of benzene rings is 1. The van der Waals surface area contributed by atoms with Gasteiger partial charge in [-0.1, -0.05) is 18.2 Å². The van der Waals surface area contributed by atoms with Gasteiger partial charge in [0.25, 0.3) is 0 Å². The van der Waals surface area contributed by atoms with Crippen molar-refractivity contribution in [2.75, 3.05) is 38.1 Å². The Morgan fingerprint density at radius 1 is 1.03 bits per heavy atom. The maximum Gasteiger partial charge on any atom is 0.194 e. The first-order valence-corrected chi connectivity index (χ1v) is 9.54. The van der Waals surface area contributed by atoms with Gasteiger partial charge in [0.15, 0.2) is 5.96 Å². The molecule has 1 aliphatic heterocycles. The summed E-state index contributed by atoms with van der Waals surface area (Å²) in [5.74, 6) is 1.98. The Kier molecular flexibility index (Phi) is 7.45. The van der Waals surface area contributed by atoms with Crippen molar-refractivity contribution in [1.82, 2.24) is 25.0 Å². The molecule has 0 spiro atoms. The quantitative estimate of drug-likeness (QED) is 0.337. The fourth-order valence-corrected chi connectivity index (χ4v) is 3.43. The molecular formula is C21H26IN7. The van der Waals surface area contributed by atoms with Gasteiger partial charge in [0.1, 0.15) is 5.82 Å². The van der Waals surface area contributed by atoms with Crippen LogP contribution in [0.4, 0.5) is 5.82 Å². The first-order chi connectivity index (χ1) is 13.8. The van der Waals surface area contributed by atoms with E-state index in [4.69, 9.17) is 0 Å². The molecule has 1 N–H and O–H groups in total. The van der Waals surface area contributed by atoms with Gasteiger partial charge in [0.2, 0.25) is 0 Å². The fourth-order valence-electron chi connectivity index (χ4n) is 3.43. The highest BCUT2D eigenvalue weighted by Gasteiger charge is 2.20. The number of nitrogens with one attached hydrogen (secondary N) is 1. The topological polar surface area (TPSA) is 61.6 Å². The van der Waals surface area contributed by atoms with Gasteiger partial charge in [-0.25, -0.2) is 9.67 Å². The minimum Gasteiger partial charge on any atom is -0.353 e. The van der Waals surface area contributed by atoms with E-state index in [-0.39, 0.29) is 24.0 Å². The number of piperazine rings is 1. The molecule has 7 nitrogen and oxygen atoms in total. The molecule has 0 bridgehead atoms. The number of anilines is 1. The zero-order valence-corrected chi connectivity index (χ0v) is 18.8. The van der Waals surface area contributed by atoms with E-state index < -0.39 is 0 Å². The predicted octanol–water partition coefficient (Wildman–Crippen LogP) is 2.78. The van der Waals surface area contributed by atoms with Crippen molar-refractivity contribution >= 4 is 35.8 Å². The zero-order valence-electron chi connectivity index (χ0n) is 16.5. The Morgan fingerprint density at radius 3 is 2.59 bits per heavy atom. The molecule has 4 rings (SSSR count). The van der Waals surface area contributed by atoms with Gasteiger partial charge in [-0.3, -0.25) is 4.99 Å². The van der Waals surface area contributed by atoms with Crippen LogP contribution in [-0.2, 0) is 6.54 Å². The standard InChI is InChI=1S/C21H25N7.HI/c1-22-21(27-14-12-26(13-15-27)20-8-2-3-9-23-20)24-17-18-6-4-7-19(16-18)28-11-5-10-25-28;/h2-11,16H,12-15,17H2,1H3,(H,22,24);1H. The second-order valence-corrected chi connectivity index (χ2v) is 6.68. The average Bonchev–Trinajstić information content (AvgIpc) is 3.31. The van der Waals surface area contributed by atoms with Gasteiger partial charge < -0.3 is 15.1 Å². The molecule has 8 heteroatoms.